The summed E-state index contributed by atoms with van der Waals surface area (Å²) in [5, 5.41) is 10.3. The van der Waals surface area contributed by atoms with Gasteiger partial charge in [0.1, 0.15) is 0 Å². The van der Waals surface area contributed by atoms with Crippen LogP contribution in [0.2, 0.25) is 0 Å². The minimum atomic E-state index is -0.896. The normalized spacial score (nSPS) is 17.9. The van der Waals surface area contributed by atoms with Crippen LogP contribution in [0.5, 0.6) is 0 Å². The van der Waals surface area contributed by atoms with Gasteiger partial charge < -0.3 is 15.8 Å². The fraction of sp³-hybridized carbons (Fsp3) is 0.789. The minimum absolute atomic E-state index is 0.126. The summed E-state index contributed by atoms with van der Waals surface area (Å²) in [5.41, 5.74) is 6.84. The van der Waals surface area contributed by atoms with Crippen molar-refractivity contribution in [1.82, 2.24) is 5.32 Å². The molecule has 0 aliphatic heterocycles. The first-order valence-corrected chi connectivity index (χ1v) is 10.9. The molecule has 1 aliphatic carbocycles. The van der Waals surface area contributed by atoms with Crippen molar-refractivity contribution in [2.45, 2.75) is 77.8 Å². The Morgan fingerprint density at radius 1 is 1.26 bits per heavy atom. The standard InChI is InChI=1S/C16H28N4O3S.C3H8/c1-11(2)12(13(21)14(23-3)20-18-10-24-4)19-15(22)16(17)8-6-5-7-9-16;1-3-2/h10-12H,5-9,17H2,1-4H3,(H,19,22);3H2,1-2H3/b18-10+,20-14-;. The first-order valence-electron chi connectivity index (χ1n) is 9.57. The molecule has 0 radical (unpaired) electrons. The molecule has 1 atom stereocenters. The number of hydrogen-bond donors (Lipinski definition) is 2. The number of nitrogens with zero attached hydrogens (tertiary/aromatic N) is 2. The molecule has 0 saturated heterocycles. The van der Waals surface area contributed by atoms with Crippen LogP contribution >= 0.6 is 11.8 Å². The van der Waals surface area contributed by atoms with Crippen molar-refractivity contribution in [2.24, 2.45) is 21.9 Å². The van der Waals surface area contributed by atoms with Gasteiger partial charge in [-0.15, -0.1) is 22.0 Å². The first-order chi connectivity index (χ1) is 12.8. The molecule has 0 spiro atoms. The van der Waals surface area contributed by atoms with E-state index in [4.69, 9.17) is 10.5 Å². The maximum absolute atomic E-state index is 12.6. The number of ketones is 1. The molecule has 1 aliphatic rings. The van der Waals surface area contributed by atoms with Crippen molar-refractivity contribution in [3.05, 3.63) is 0 Å². The molecule has 0 aromatic carbocycles. The zero-order chi connectivity index (χ0) is 20.9. The molecule has 1 rings (SSSR count). The minimum Gasteiger partial charge on any atom is -0.477 e. The number of thioether (sulfide) groups is 1. The monoisotopic (exact) mass is 400 g/mol. The van der Waals surface area contributed by atoms with Gasteiger partial charge in [0.25, 0.3) is 5.90 Å². The van der Waals surface area contributed by atoms with Crippen molar-refractivity contribution < 1.29 is 14.3 Å². The molecule has 1 saturated carbocycles. The SMILES string of the molecule is CCC.CO/C(=N\N=C\SC)C(=O)C(NC(=O)C1(N)CCCCC1)C(C)C. The molecule has 27 heavy (non-hydrogen) atoms. The van der Waals surface area contributed by atoms with Crippen LogP contribution < -0.4 is 11.1 Å². The van der Waals surface area contributed by atoms with Crippen LogP contribution in [0.4, 0.5) is 0 Å². The molecule has 0 bridgehead atoms. The number of ether oxygens (including phenoxy) is 1. The second-order valence-corrected chi connectivity index (χ2v) is 7.73. The molecule has 0 aromatic rings. The largest absolute Gasteiger partial charge is 0.477 e. The van der Waals surface area contributed by atoms with Crippen LogP contribution in [-0.4, -0.2) is 48.1 Å². The first kappa shape index (κ1) is 25.6. The smallest absolute Gasteiger partial charge is 0.279 e. The van der Waals surface area contributed by atoms with Crippen molar-refractivity contribution in [2.75, 3.05) is 13.4 Å². The molecule has 8 heteroatoms. The molecule has 1 fully saturated rings. The van der Waals surface area contributed by atoms with Gasteiger partial charge in [-0.1, -0.05) is 53.4 Å². The number of hydrogen-bond acceptors (Lipinski definition) is 7. The molecule has 1 unspecified atom stereocenters. The highest BCUT2D eigenvalue weighted by molar-refractivity contribution is 8.11. The van der Waals surface area contributed by atoms with Crippen molar-refractivity contribution >= 4 is 34.9 Å². The van der Waals surface area contributed by atoms with Crippen molar-refractivity contribution in [1.29, 1.82) is 0 Å². The third-order valence-corrected chi connectivity index (χ3v) is 4.44. The molecule has 7 nitrogen and oxygen atoms in total. The van der Waals surface area contributed by atoms with Crippen LogP contribution in [0.25, 0.3) is 0 Å². The Balaban J connectivity index is 0.00000210. The summed E-state index contributed by atoms with van der Waals surface area (Å²) in [5.74, 6) is -0.941. The Bertz CT molecular complexity index is 515. The van der Waals surface area contributed by atoms with E-state index in [0.29, 0.717) is 12.8 Å². The molecule has 156 valence electrons. The van der Waals surface area contributed by atoms with Crippen LogP contribution in [-0.2, 0) is 14.3 Å². The van der Waals surface area contributed by atoms with Gasteiger partial charge in [0.05, 0.1) is 24.2 Å². The summed E-state index contributed by atoms with van der Waals surface area (Å²) < 4.78 is 5.04. The second kappa shape index (κ2) is 13.7. The Kier molecular flexibility index (Phi) is 13.0. The van der Waals surface area contributed by atoms with E-state index in [1.165, 1.54) is 30.8 Å². The van der Waals surface area contributed by atoms with E-state index in [-0.39, 0.29) is 17.7 Å². The van der Waals surface area contributed by atoms with E-state index >= 15 is 0 Å². The summed E-state index contributed by atoms with van der Waals surface area (Å²) >= 11 is 1.36. The molecule has 0 aromatic heterocycles. The number of nitrogens with one attached hydrogen (secondary N) is 1. The summed E-state index contributed by atoms with van der Waals surface area (Å²) in [7, 11) is 1.36. The number of carbonyl (C=O) groups is 2. The summed E-state index contributed by atoms with van der Waals surface area (Å²) in [6.45, 7) is 7.96. The molecule has 3 N–H and O–H groups in total. The zero-order valence-electron chi connectivity index (χ0n) is 17.6. The molecule has 1 amide bonds. The summed E-state index contributed by atoms with van der Waals surface area (Å²) in [4.78, 5) is 25.2. The highest BCUT2D eigenvalue weighted by Crippen LogP contribution is 2.26. The van der Waals surface area contributed by atoms with E-state index in [0.717, 1.165) is 19.3 Å². The van der Waals surface area contributed by atoms with Crippen LogP contribution in [0.15, 0.2) is 10.2 Å². The number of rotatable bonds is 7. The number of amides is 1. The van der Waals surface area contributed by atoms with Crippen LogP contribution in [0.1, 0.15) is 66.2 Å². The average molecular weight is 401 g/mol. The maximum atomic E-state index is 12.6. The van der Waals surface area contributed by atoms with E-state index < -0.39 is 17.4 Å². The molecule has 0 heterocycles. The highest BCUT2D eigenvalue weighted by atomic mass is 32.2. The lowest BCUT2D eigenvalue weighted by molar-refractivity contribution is -0.131. The molecular formula is C19H36N4O3S. The topological polar surface area (TPSA) is 106 Å². The fourth-order valence-corrected chi connectivity index (χ4v) is 2.82. The lowest BCUT2D eigenvalue weighted by Gasteiger charge is -2.34. The van der Waals surface area contributed by atoms with Gasteiger partial charge in [-0.05, 0) is 25.0 Å². The zero-order valence-corrected chi connectivity index (χ0v) is 18.4. The maximum Gasteiger partial charge on any atom is 0.279 e. The number of nitrogens with two attached hydrogens (primary N) is 1. The van der Waals surface area contributed by atoms with Crippen LogP contribution in [0.3, 0.4) is 0 Å². The Morgan fingerprint density at radius 2 is 1.81 bits per heavy atom. The third-order valence-electron chi connectivity index (χ3n) is 4.14. The number of carbonyl (C=O) groups excluding carboxylic acids is 2. The third kappa shape index (κ3) is 8.88. The predicted molar refractivity (Wildman–Crippen MR) is 114 cm³/mol. The van der Waals surface area contributed by atoms with Gasteiger partial charge in [0, 0.05) is 0 Å². The number of Topliss-reactive ketones (excluding diaryl/α,β-unsaturated/α-hetero) is 1. The van der Waals surface area contributed by atoms with Gasteiger partial charge in [0.15, 0.2) is 0 Å². The Hall–Kier alpha value is -1.41. The predicted octanol–water partition coefficient (Wildman–Crippen LogP) is 3.13. The Labute approximate surface area is 168 Å². The fourth-order valence-electron chi connectivity index (χ4n) is 2.68. The summed E-state index contributed by atoms with van der Waals surface area (Å²) in [6, 6.07) is -0.747. The van der Waals surface area contributed by atoms with Gasteiger partial charge in [0.2, 0.25) is 11.7 Å². The van der Waals surface area contributed by atoms with E-state index in [1.807, 2.05) is 20.1 Å². The van der Waals surface area contributed by atoms with Crippen molar-refractivity contribution in [3.63, 3.8) is 0 Å². The van der Waals surface area contributed by atoms with E-state index in [1.54, 1.807) is 0 Å². The van der Waals surface area contributed by atoms with Gasteiger partial charge in [-0.2, -0.15) is 0 Å². The van der Waals surface area contributed by atoms with Gasteiger partial charge in [-0.25, -0.2) is 0 Å². The quantitative estimate of drug-likeness (QED) is 0.388. The van der Waals surface area contributed by atoms with Crippen molar-refractivity contribution in [3.8, 4) is 0 Å². The van der Waals surface area contributed by atoms with Gasteiger partial charge in [-0.3, -0.25) is 9.59 Å². The second-order valence-electron chi connectivity index (χ2n) is 7.05. The van der Waals surface area contributed by atoms with Gasteiger partial charge >= 0.3 is 0 Å². The lowest BCUT2D eigenvalue weighted by Crippen LogP contribution is -2.59. The summed E-state index contributed by atoms with van der Waals surface area (Å²) in [6.07, 6.45) is 7.31. The number of methoxy groups -OCH3 is 1. The van der Waals surface area contributed by atoms with E-state index in [9.17, 15) is 9.59 Å². The van der Waals surface area contributed by atoms with E-state index in [2.05, 4.69) is 29.4 Å². The lowest BCUT2D eigenvalue weighted by atomic mass is 9.81. The Morgan fingerprint density at radius 3 is 2.26 bits per heavy atom. The molecular weight excluding hydrogens is 364 g/mol. The highest BCUT2D eigenvalue weighted by Gasteiger charge is 2.38. The van der Waals surface area contributed by atoms with Crippen LogP contribution in [0, 0.1) is 5.92 Å². The average Bonchev–Trinajstić information content (AvgIpc) is 2.63.